The number of nitrogens with one attached hydrogen (secondary N) is 1. The molecule has 0 spiro atoms. The van der Waals surface area contributed by atoms with Crippen molar-refractivity contribution in [2.24, 2.45) is 0 Å². The van der Waals surface area contributed by atoms with Crippen molar-refractivity contribution in [1.82, 2.24) is 5.32 Å². The van der Waals surface area contributed by atoms with Crippen LogP contribution in [0.15, 0.2) is 0 Å². The third-order valence-corrected chi connectivity index (χ3v) is 4.13. The molecule has 5 N–H and O–H groups in total. The van der Waals surface area contributed by atoms with Crippen LogP contribution in [0.3, 0.4) is 0 Å². The second-order valence-corrected chi connectivity index (χ2v) is 7.78. The minimum Gasteiger partial charge on any atom is -0.444 e. The summed E-state index contributed by atoms with van der Waals surface area (Å²) in [5, 5.41) is 43.2. The van der Waals surface area contributed by atoms with E-state index in [-0.39, 0.29) is 0 Å². The fourth-order valence-electron chi connectivity index (χ4n) is 3.08. The van der Waals surface area contributed by atoms with Crippen LogP contribution in [0.2, 0.25) is 0 Å². The Kier molecular flexibility index (Phi) is 4.90. The summed E-state index contributed by atoms with van der Waals surface area (Å²) < 4.78 is 16.4. The number of hydrogen-bond acceptors (Lipinski definition) is 8. The summed E-state index contributed by atoms with van der Waals surface area (Å²) in [7, 11) is 0. The molecular formula is C15H27NO8. The second-order valence-electron chi connectivity index (χ2n) is 7.78. The quantitative estimate of drug-likeness (QED) is 0.422. The molecule has 2 rings (SSSR count). The topological polar surface area (TPSA) is 138 Å². The van der Waals surface area contributed by atoms with Gasteiger partial charge in [-0.3, -0.25) is 0 Å². The molecule has 1 aliphatic carbocycles. The number of hydrogen-bond donors (Lipinski definition) is 5. The second kappa shape index (κ2) is 6.08. The SMILES string of the molecule is CC(C)(C)OC(=O)N[C@@H]1[C@H]2OC(C)(C)O[C@H]2[C@H](O)[C@@](O)(CO)[C@H]1O. The Bertz CT molecular complexity index is 490. The monoisotopic (exact) mass is 349 g/mol. The standard InChI is InChI=1S/C15H27NO8/c1-13(2,3)24-12(20)16-7-8-9(23-14(4,5)22-8)11(19)15(21,6-17)10(7)18/h7-11,17-19,21H,6H2,1-5H3,(H,16,20)/t7-,8-,9-,10+,11+,15-/m1/s1. The van der Waals surface area contributed by atoms with Gasteiger partial charge in [-0.25, -0.2) is 4.79 Å². The Morgan fingerprint density at radius 3 is 2.21 bits per heavy atom. The maximum absolute atomic E-state index is 12.1. The van der Waals surface area contributed by atoms with E-state index in [4.69, 9.17) is 14.2 Å². The first-order chi connectivity index (χ1) is 10.8. The van der Waals surface area contributed by atoms with Gasteiger partial charge in [0, 0.05) is 0 Å². The zero-order valence-corrected chi connectivity index (χ0v) is 14.5. The molecule has 1 saturated carbocycles. The lowest BCUT2D eigenvalue weighted by Crippen LogP contribution is -2.74. The highest BCUT2D eigenvalue weighted by Gasteiger charge is 2.64. The van der Waals surface area contributed by atoms with Gasteiger partial charge in [0.05, 0.1) is 12.6 Å². The largest absolute Gasteiger partial charge is 0.444 e. The fraction of sp³-hybridized carbons (Fsp3) is 0.933. The van der Waals surface area contributed by atoms with Crippen molar-refractivity contribution < 1.29 is 39.4 Å². The first kappa shape index (κ1) is 19.4. The van der Waals surface area contributed by atoms with Gasteiger partial charge in [0.2, 0.25) is 0 Å². The van der Waals surface area contributed by atoms with Gasteiger partial charge in [0.25, 0.3) is 0 Å². The summed E-state index contributed by atoms with van der Waals surface area (Å²) in [4.78, 5) is 12.1. The molecule has 1 amide bonds. The molecule has 0 radical (unpaired) electrons. The number of aliphatic hydroxyl groups excluding tert-OH is 3. The van der Waals surface area contributed by atoms with Crippen molar-refractivity contribution in [3.63, 3.8) is 0 Å². The minimum absolute atomic E-state index is 0.762. The van der Waals surface area contributed by atoms with Gasteiger partial charge in [0.1, 0.15) is 35.6 Å². The highest BCUT2D eigenvalue weighted by molar-refractivity contribution is 5.68. The summed E-state index contributed by atoms with van der Waals surface area (Å²) in [6.07, 6.45) is -6.08. The molecule has 1 saturated heterocycles. The number of amides is 1. The Morgan fingerprint density at radius 2 is 1.71 bits per heavy atom. The molecule has 1 heterocycles. The van der Waals surface area contributed by atoms with Crippen LogP contribution in [-0.4, -0.2) is 80.6 Å². The molecule has 9 nitrogen and oxygen atoms in total. The number of carbonyl (C=O) groups is 1. The van der Waals surface area contributed by atoms with Crippen molar-refractivity contribution >= 4 is 6.09 Å². The summed E-state index contributed by atoms with van der Waals surface area (Å²) in [5.41, 5.74) is -3.03. The van der Waals surface area contributed by atoms with E-state index in [1.165, 1.54) is 0 Å². The van der Waals surface area contributed by atoms with Crippen LogP contribution in [0.1, 0.15) is 34.6 Å². The van der Waals surface area contributed by atoms with E-state index in [9.17, 15) is 25.2 Å². The van der Waals surface area contributed by atoms with Gasteiger partial charge in [0.15, 0.2) is 5.79 Å². The molecule has 6 atom stereocenters. The van der Waals surface area contributed by atoms with Crippen LogP contribution < -0.4 is 5.32 Å². The summed E-state index contributed by atoms with van der Waals surface area (Å²) in [6.45, 7) is 7.32. The average molecular weight is 349 g/mol. The predicted molar refractivity (Wildman–Crippen MR) is 81.0 cm³/mol. The Balaban J connectivity index is 2.28. The smallest absolute Gasteiger partial charge is 0.408 e. The zero-order chi connectivity index (χ0) is 18.5. The number of alkyl carbamates (subject to hydrolysis) is 1. The normalized spacial score (nSPS) is 41.6. The van der Waals surface area contributed by atoms with E-state index in [1.54, 1.807) is 34.6 Å². The molecule has 0 bridgehead atoms. The van der Waals surface area contributed by atoms with Crippen molar-refractivity contribution in [3.05, 3.63) is 0 Å². The van der Waals surface area contributed by atoms with Crippen LogP contribution in [-0.2, 0) is 14.2 Å². The molecule has 0 unspecified atom stereocenters. The summed E-state index contributed by atoms with van der Waals surface area (Å²) >= 11 is 0. The zero-order valence-electron chi connectivity index (χ0n) is 14.5. The summed E-state index contributed by atoms with van der Waals surface area (Å²) in [5.74, 6) is -1.09. The van der Waals surface area contributed by atoms with E-state index in [2.05, 4.69) is 5.32 Å². The van der Waals surface area contributed by atoms with Crippen LogP contribution in [0, 0.1) is 0 Å². The molecule has 0 aromatic heterocycles. The van der Waals surface area contributed by atoms with Gasteiger partial charge in [-0.2, -0.15) is 0 Å². The predicted octanol–water partition coefficient (Wildman–Crippen LogP) is -1.14. The van der Waals surface area contributed by atoms with E-state index in [0.717, 1.165) is 0 Å². The van der Waals surface area contributed by atoms with Gasteiger partial charge in [-0.05, 0) is 34.6 Å². The van der Waals surface area contributed by atoms with Gasteiger partial charge < -0.3 is 40.0 Å². The number of aliphatic hydroxyl groups is 4. The Hall–Kier alpha value is -0.970. The van der Waals surface area contributed by atoms with Crippen molar-refractivity contribution in [1.29, 1.82) is 0 Å². The maximum atomic E-state index is 12.1. The molecular weight excluding hydrogens is 322 g/mol. The number of fused-ring (bicyclic) bond motifs is 1. The van der Waals surface area contributed by atoms with Crippen molar-refractivity contribution in [2.45, 2.75) is 82.1 Å². The van der Waals surface area contributed by atoms with Gasteiger partial charge in [-0.1, -0.05) is 0 Å². The maximum Gasteiger partial charge on any atom is 0.408 e. The Morgan fingerprint density at radius 1 is 1.17 bits per heavy atom. The van der Waals surface area contributed by atoms with E-state index in [0.29, 0.717) is 0 Å². The average Bonchev–Trinajstić information content (AvgIpc) is 2.75. The third-order valence-electron chi connectivity index (χ3n) is 4.13. The van der Waals surface area contributed by atoms with E-state index in [1.807, 2.05) is 0 Å². The highest BCUT2D eigenvalue weighted by atomic mass is 16.8. The molecule has 2 fully saturated rings. The van der Waals surface area contributed by atoms with Gasteiger partial charge in [-0.15, -0.1) is 0 Å². The molecule has 0 aromatic rings. The molecule has 140 valence electrons. The van der Waals surface area contributed by atoms with Crippen LogP contribution in [0.4, 0.5) is 4.79 Å². The summed E-state index contributed by atoms with van der Waals surface area (Å²) in [6, 6.07) is -1.15. The molecule has 24 heavy (non-hydrogen) atoms. The molecule has 9 heteroatoms. The number of rotatable bonds is 2. The lowest BCUT2D eigenvalue weighted by molar-refractivity contribution is -0.233. The first-order valence-electron chi connectivity index (χ1n) is 7.85. The first-order valence-corrected chi connectivity index (χ1v) is 7.85. The van der Waals surface area contributed by atoms with E-state index < -0.39 is 60.1 Å². The Labute approximate surface area is 140 Å². The van der Waals surface area contributed by atoms with E-state index >= 15 is 0 Å². The third kappa shape index (κ3) is 3.51. The molecule has 2 aliphatic rings. The lowest BCUT2D eigenvalue weighted by Gasteiger charge is -2.48. The fourth-order valence-corrected chi connectivity index (χ4v) is 3.08. The van der Waals surface area contributed by atoms with Crippen LogP contribution in [0.25, 0.3) is 0 Å². The van der Waals surface area contributed by atoms with Crippen molar-refractivity contribution in [2.75, 3.05) is 6.61 Å². The van der Waals surface area contributed by atoms with Crippen LogP contribution in [0.5, 0.6) is 0 Å². The molecule has 0 aromatic carbocycles. The number of ether oxygens (including phenoxy) is 3. The van der Waals surface area contributed by atoms with Gasteiger partial charge >= 0.3 is 6.09 Å². The highest BCUT2D eigenvalue weighted by Crippen LogP contribution is 2.41. The number of carbonyl (C=O) groups excluding carboxylic acids is 1. The lowest BCUT2D eigenvalue weighted by atomic mass is 9.74. The van der Waals surface area contributed by atoms with Crippen LogP contribution >= 0.6 is 0 Å². The minimum atomic E-state index is -2.27. The molecule has 1 aliphatic heterocycles. The van der Waals surface area contributed by atoms with Crippen molar-refractivity contribution in [3.8, 4) is 0 Å².